The zero-order valence-corrected chi connectivity index (χ0v) is 16.1. The Morgan fingerprint density at radius 3 is 2.53 bits per heavy atom. The van der Waals surface area contributed by atoms with E-state index in [9.17, 15) is 18.7 Å². The van der Waals surface area contributed by atoms with Gasteiger partial charge in [0.2, 0.25) is 0 Å². The van der Waals surface area contributed by atoms with Gasteiger partial charge in [0.1, 0.15) is 19.5 Å². The van der Waals surface area contributed by atoms with Crippen LogP contribution in [-0.2, 0) is 11.8 Å². The normalized spacial score (nSPS) is 16.4. The molecule has 146 valence electrons. The van der Waals surface area contributed by atoms with Crippen molar-refractivity contribution in [1.82, 2.24) is 5.32 Å². The van der Waals surface area contributed by atoms with Crippen LogP contribution < -0.4 is 11.1 Å². The van der Waals surface area contributed by atoms with E-state index >= 15 is 0 Å². The number of carbonyl (C=O) groups excluding carboxylic acids is 1. The Labute approximate surface area is 176 Å². The van der Waals surface area contributed by atoms with E-state index in [-0.39, 0.29) is 40.4 Å². The van der Waals surface area contributed by atoms with Crippen LogP contribution in [0.3, 0.4) is 0 Å². The molecular formula is C20H16B3F2N3O2. The molecule has 0 saturated heterocycles. The van der Waals surface area contributed by atoms with Crippen LogP contribution in [0.1, 0.15) is 21.5 Å². The Hall–Kier alpha value is -2.87. The molecule has 2 aromatic rings. The second-order valence-electron chi connectivity index (χ2n) is 7.03. The van der Waals surface area contributed by atoms with Gasteiger partial charge in [-0.15, -0.1) is 0 Å². The van der Waals surface area contributed by atoms with E-state index in [0.29, 0.717) is 11.6 Å². The molecule has 1 amide bonds. The van der Waals surface area contributed by atoms with Gasteiger partial charge in [0, 0.05) is 42.7 Å². The Kier molecular flexibility index (Phi) is 5.65. The number of nitrogens with one attached hydrogen (secondary N) is 1. The average Bonchev–Trinajstić information content (AvgIpc) is 3.05. The lowest BCUT2D eigenvalue weighted by atomic mass is 9.37. The van der Waals surface area contributed by atoms with Crippen LogP contribution in [0.5, 0.6) is 0 Å². The van der Waals surface area contributed by atoms with E-state index in [2.05, 4.69) is 10.3 Å². The number of amides is 1. The molecule has 2 aromatic carbocycles. The summed E-state index contributed by atoms with van der Waals surface area (Å²) in [5.41, 5.74) is 3.90. The van der Waals surface area contributed by atoms with Crippen molar-refractivity contribution in [2.24, 2.45) is 10.7 Å². The number of nitrogens with two attached hydrogens (primary N) is 1. The van der Waals surface area contributed by atoms with E-state index in [4.69, 9.17) is 29.3 Å². The number of hydrogen-bond acceptors (Lipinski definition) is 4. The molecule has 5 nitrogen and oxygen atoms in total. The zero-order valence-electron chi connectivity index (χ0n) is 16.1. The summed E-state index contributed by atoms with van der Waals surface area (Å²) < 4.78 is 28.0. The topological polar surface area (TPSA) is 87.7 Å². The predicted octanol–water partition coefficient (Wildman–Crippen LogP) is 0.765. The predicted molar refractivity (Wildman–Crippen MR) is 114 cm³/mol. The maximum atomic E-state index is 14.6. The zero-order chi connectivity index (χ0) is 22.3. The molecule has 1 atom stereocenters. The minimum atomic E-state index is -2.48. The van der Waals surface area contributed by atoms with Crippen molar-refractivity contribution in [3.8, 4) is 11.1 Å². The summed E-state index contributed by atoms with van der Waals surface area (Å²) in [6.07, 6.45) is 2.51. The number of halogens is 2. The Bertz CT molecular complexity index is 1090. The highest BCUT2D eigenvalue weighted by Crippen LogP contribution is 2.40. The molecule has 10 heteroatoms. The van der Waals surface area contributed by atoms with Gasteiger partial charge in [0.25, 0.3) is 5.91 Å². The smallest absolute Gasteiger partial charge is 0.251 e. The highest BCUT2D eigenvalue weighted by molar-refractivity contribution is 6.46. The van der Waals surface area contributed by atoms with Gasteiger partial charge >= 0.3 is 0 Å². The molecule has 0 saturated carbocycles. The SMILES string of the molecule is [B]C(O)(/C(N)=C/C=NC)C([B])([B])c1cc2c(cc1-c1ccc(F)cc1F)C(=O)NC2. The maximum absolute atomic E-state index is 14.6. The summed E-state index contributed by atoms with van der Waals surface area (Å²) in [4.78, 5) is 15.9. The minimum absolute atomic E-state index is 0.0121. The first-order valence-electron chi connectivity index (χ1n) is 8.89. The Balaban J connectivity index is 2.29. The first-order chi connectivity index (χ1) is 14.0. The third-order valence-corrected chi connectivity index (χ3v) is 5.07. The number of aliphatic imine (C=N–C) groups is 1. The third-order valence-electron chi connectivity index (χ3n) is 5.07. The number of fused-ring (bicyclic) bond motifs is 1. The quantitative estimate of drug-likeness (QED) is 0.511. The number of benzene rings is 2. The fourth-order valence-electron chi connectivity index (χ4n) is 3.27. The number of hydrogen-bond donors (Lipinski definition) is 3. The second-order valence-corrected chi connectivity index (χ2v) is 7.03. The fraction of sp³-hybridized carbons (Fsp3) is 0.200. The summed E-state index contributed by atoms with van der Waals surface area (Å²) in [6.45, 7) is 0.181. The van der Waals surface area contributed by atoms with Crippen molar-refractivity contribution in [1.29, 1.82) is 0 Å². The molecule has 1 heterocycles. The van der Waals surface area contributed by atoms with Crippen molar-refractivity contribution < 1.29 is 18.7 Å². The lowest BCUT2D eigenvalue weighted by Crippen LogP contribution is -2.57. The molecule has 30 heavy (non-hydrogen) atoms. The molecule has 3 rings (SSSR count). The lowest BCUT2D eigenvalue weighted by molar-refractivity contribution is 0.0965. The van der Waals surface area contributed by atoms with Gasteiger partial charge in [-0.25, -0.2) is 8.78 Å². The first kappa shape index (κ1) is 21.8. The summed E-state index contributed by atoms with van der Waals surface area (Å²) in [6, 6.07) is 5.73. The van der Waals surface area contributed by atoms with Gasteiger partial charge in [0.15, 0.2) is 0 Å². The van der Waals surface area contributed by atoms with Crippen molar-refractivity contribution in [3.63, 3.8) is 0 Å². The van der Waals surface area contributed by atoms with Gasteiger partial charge in [-0.3, -0.25) is 9.79 Å². The van der Waals surface area contributed by atoms with Crippen molar-refractivity contribution in [2.45, 2.75) is 17.3 Å². The van der Waals surface area contributed by atoms with Crippen LogP contribution in [-0.4, -0.2) is 53.3 Å². The molecule has 1 aliphatic heterocycles. The van der Waals surface area contributed by atoms with Crippen LogP contribution in [0.4, 0.5) is 8.78 Å². The van der Waals surface area contributed by atoms with Crippen molar-refractivity contribution in [2.75, 3.05) is 7.05 Å². The number of aliphatic hydroxyl groups is 1. The van der Waals surface area contributed by atoms with Gasteiger partial charge in [-0.2, -0.15) is 0 Å². The maximum Gasteiger partial charge on any atom is 0.251 e. The number of allylic oxidation sites excluding steroid dienone is 1. The summed E-state index contributed by atoms with van der Waals surface area (Å²) in [5, 5.41) is 11.3. The van der Waals surface area contributed by atoms with Crippen molar-refractivity contribution in [3.05, 3.63) is 70.4 Å². The van der Waals surface area contributed by atoms with E-state index in [1.165, 1.54) is 37.5 Å². The van der Waals surface area contributed by atoms with Crippen LogP contribution in [0.2, 0.25) is 0 Å². The first-order valence-corrected chi connectivity index (χ1v) is 8.89. The third kappa shape index (κ3) is 3.56. The molecule has 4 N–H and O–H groups in total. The van der Waals surface area contributed by atoms with E-state index in [0.717, 1.165) is 6.07 Å². The minimum Gasteiger partial charge on any atom is -0.400 e. The van der Waals surface area contributed by atoms with Crippen LogP contribution in [0.25, 0.3) is 11.1 Å². The highest BCUT2D eigenvalue weighted by Gasteiger charge is 2.43. The number of nitrogens with zero attached hydrogens (tertiary/aromatic N) is 1. The molecule has 0 bridgehead atoms. The highest BCUT2D eigenvalue weighted by atomic mass is 19.1. The van der Waals surface area contributed by atoms with Crippen LogP contribution in [0.15, 0.2) is 47.1 Å². The Morgan fingerprint density at radius 2 is 1.90 bits per heavy atom. The molecule has 6 radical (unpaired) electrons. The van der Waals surface area contributed by atoms with Gasteiger partial charge in [0.05, 0.1) is 21.2 Å². The largest absolute Gasteiger partial charge is 0.400 e. The summed E-state index contributed by atoms with van der Waals surface area (Å²) in [5.74, 6) is -2.07. The van der Waals surface area contributed by atoms with Crippen molar-refractivity contribution >= 4 is 35.7 Å². The van der Waals surface area contributed by atoms with Gasteiger partial charge in [-0.05, 0) is 41.0 Å². The average molecular weight is 401 g/mol. The molecule has 1 aliphatic rings. The van der Waals surface area contributed by atoms with E-state index in [1.54, 1.807) is 0 Å². The molecule has 0 aliphatic carbocycles. The molecule has 0 aromatic heterocycles. The van der Waals surface area contributed by atoms with Crippen LogP contribution in [0, 0.1) is 11.6 Å². The summed E-state index contributed by atoms with van der Waals surface area (Å²) >= 11 is 0. The molecule has 0 fully saturated rings. The van der Waals surface area contributed by atoms with Gasteiger partial charge in [-0.1, -0.05) is 11.3 Å². The van der Waals surface area contributed by atoms with Gasteiger partial charge < -0.3 is 16.2 Å². The Morgan fingerprint density at radius 1 is 1.20 bits per heavy atom. The lowest BCUT2D eigenvalue weighted by Gasteiger charge is -2.44. The van der Waals surface area contributed by atoms with E-state index in [1.807, 2.05) is 0 Å². The fourth-order valence-corrected chi connectivity index (χ4v) is 3.27. The van der Waals surface area contributed by atoms with E-state index < -0.39 is 22.3 Å². The molecule has 1 unspecified atom stereocenters. The molecular weight excluding hydrogens is 385 g/mol. The van der Waals surface area contributed by atoms with Crippen LogP contribution >= 0.6 is 0 Å². The summed E-state index contributed by atoms with van der Waals surface area (Å²) in [7, 11) is 20.0. The number of carbonyl (C=O) groups is 1. The standard InChI is InChI=1S/C20H16B3F2N3O2/c1-27-5-4-17(26)20(23,30)19(21,22)15-6-10-9-28-18(29)13(10)8-14(15)12-3-2-11(24)7-16(12)25/h2-8,30H,9,26H2,1H3,(H,28,29)/b17-4-,27-5?. The molecule has 0 spiro atoms. The monoisotopic (exact) mass is 401 g/mol. The number of rotatable bonds is 5. The second kappa shape index (κ2) is 7.76.